The molecule has 0 spiro atoms. The van der Waals surface area contributed by atoms with Crippen molar-refractivity contribution in [2.75, 3.05) is 31.6 Å². The van der Waals surface area contributed by atoms with Crippen LogP contribution in [-0.2, 0) is 11.3 Å². The van der Waals surface area contributed by atoms with Gasteiger partial charge in [-0.3, -0.25) is 9.69 Å². The molecule has 0 saturated carbocycles. The van der Waals surface area contributed by atoms with Crippen molar-refractivity contribution in [2.45, 2.75) is 12.6 Å². The quantitative estimate of drug-likeness (QED) is 0.752. The molecular formula is C18H18ClN3O3S. The highest BCUT2D eigenvalue weighted by Crippen LogP contribution is 2.34. The van der Waals surface area contributed by atoms with Crippen molar-refractivity contribution in [3.05, 3.63) is 45.6 Å². The SMILES string of the molecule is COc1ccccc1N1C(=O)C2CN(Cc3ccc(Cl)s3)CCN2C1=O. The first-order chi connectivity index (χ1) is 12.6. The van der Waals surface area contributed by atoms with Gasteiger partial charge in [0.2, 0.25) is 0 Å². The summed E-state index contributed by atoms with van der Waals surface area (Å²) in [6.45, 7) is 2.51. The van der Waals surface area contributed by atoms with Gasteiger partial charge in [0.15, 0.2) is 0 Å². The molecule has 2 aliphatic heterocycles. The van der Waals surface area contributed by atoms with Crippen LogP contribution in [0.5, 0.6) is 5.75 Å². The molecular weight excluding hydrogens is 374 g/mol. The minimum Gasteiger partial charge on any atom is -0.495 e. The number of hydrogen-bond acceptors (Lipinski definition) is 5. The van der Waals surface area contributed by atoms with Crippen LogP contribution in [0.2, 0.25) is 4.34 Å². The zero-order valence-electron chi connectivity index (χ0n) is 14.2. The standard InChI is InChI=1S/C18H18ClN3O3S/c1-25-15-5-3-2-4-13(15)22-17(23)14-11-20(8-9-21(14)18(22)24)10-12-6-7-16(19)26-12/h2-7,14H,8-11H2,1H3. The van der Waals surface area contributed by atoms with E-state index in [1.165, 1.54) is 12.0 Å². The number of imide groups is 1. The van der Waals surface area contributed by atoms with Crippen LogP contribution in [0, 0.1) is 0 Å². The summed E-state index contributed by atoms with van der Waals surface area (Å²) in [5.41, 5.74) is 0.496. The third-order valence-electron chi connectivity index (χ3n) is 4.74. The van der Waals surface area contributed by atoms with Gasteiger partial charge in [-0.2, -0.15) is 0 Å². The summed E-state index contributed by atoms with van der Waals surface area (Å²) >= 11 is 7.54. The number of ether oxygens (including phenoxy) is 1. The average Bonchev–Trinajstić information content (AvgIpc) is 3.16. The topological polar surface area (TPSA) is 53.1 Å². The summed E-state index contributed by atoms with van der Waals surface area (Å²) in [4.78, 5) is 32.1. The van der Waals surface area contributed by atoms with Gasteiger partial charge in [-0.25, -0.2) is 9.69 Å². The van der Waals surface area contributed by atoms with Crippen LogP contribution >= 0.6 is 22.9 Å². The van der Waals surface area contributed by atoms with Crippen molar-refractivity contribution in [2.24, 2.45) is 0 Å². The van der Waals surface area contributed by atoms with Crippen LogP contribution in [-0.4, -0.2) is 54.5 Å². The monoisotopic (exact) mass is 391 g/mol. The summed E-state index contributed by atoms with van der Waals surface area (Å²) in [5.74, 6) is 0.313. The first-order valence-corrected chi connectivity index (χ1v) is 9.52. The number of rotatable bonds is 4. The molecule has 0 aliphatic carbocycles. The molecule has 1 atom stereocenters. The van der Waals surface area contributed by atoms with Gasteiger partial charge < -0.3 is 9.64 Å². The van der Waals surface area contributed by atoms with Gasteiger partial charge in [0.25, 0.3) is 5.91 Å². The number of methoxy groups -OCH3 is 1. The number of benzene rings is 1. The Balaban J connectivity index is 1.55. The molecule has 3 amide bonds. The minimum absolute atomic E-state index is 0.201. The van der Waals surface area contributed by atoms with Gasteiger partial charge in [0, 0.05) is 31.1 Å². The Labute approximate surface area is 160 Å². The average molecular weight is 392 g/mol. The maximum atomic E-state index is 13.0. The highest BCUT2D eigenvalue weighted by molar-refractivity contribution is 7.16. The van der Waals surface area contributed by atoms with Gasteiger partial charge in [-0.05, 0) is 24.3 Å². The predicted molar refractivity (Wildman–Crippen MR) is 101 cm³/mol. The van der Waals surface area contributed by atoms with Crippen molar-refractivity contribution < 1.29 is 14.3 Å². The second kappa shape index (κ2) is 6.90. The lowest BCUT2D eigenvalue weighted by Crippen LogP contribution is -2.52. The molecule has 1 unspecified atom stereocenters. The van der Waals surface area contributed by atoms with Gasteiger partial charge in [-0.1, -0.05) is 23.7 Å². The van der Waals surface area contributed by atoms with Gasteiger partial charge >= 0.3 is 6.03 Å². The molecule has 8 heteroatoms. The fourth-order valence-corrected chi connectivity index (χ4v) is 4.62. The maximum Gasteiger partial charge on any atom is 0.332 e. The smallest absolute Gasteiger partial charge is 0.332 e. The van der Waals surface area contributed by atoms with E-state index >= 15 is 0 Å². The van der Waals surface area contributed by atoms with Crippen LogP contribution < -0.4 is 9.64 Å². The number of halogens is 1. The van der Waals surface area contributed by atoms with Gasteiger partial charge in [0.1, 0.15) is 11.8 Å². The van der Waals surface area contributed by atoms with Gasteiger partial charge in [0.05, 0.1) is 17.1 Å². The minimum atomic E-state index is -0.461. The second-order valence-electron chi connectivity index (χ2n) is 6.28. The van der Waals surface area contributed by atoms with E-state index in [0.29, 0.717) is 24.5 Å². The Bertz CT molecular complexity index is 856. The fourth-order valence-electron chi connectivity index (χ4n) is 3.49. The van der Waals surface area contributed by atoms with Crippen LogP contribution in [0.4, 0.5) is 10.5 Å². The lowest BCUT2D eigenvalue weighted by atomic mass is 10.1. The number of carbonyl (C=O) groups excluding carboxylic acids is 2. The van der Waals surface area contributed by atoms with E-state index in [4.69, 9.17) is 16.3 Å². The van der Waals surface area contributed by atoms with E-state index < -0.39 is 6.04 Å². The Morgan fingerprint density at radius 3 is 2.73 bits per heavy atom. The lowest BCUT2D eigenvalue weighted by Gasteiger charge is -2.34. The molecule has 1 aromatic carbocycles. The first-order valence-electron chi connectivity index (χ1n) is 8.32. The van der Waals surface area contributed by atoms with Crippen molar-refractivity contribution in [1.82, 2.24) is 9.80 Å². The van der Waals surface area contributed by atoms with Gasteiger partial charge in [-0.15, -0.1) is 11.3 Å². The molecule has 3 heterocycles. The molecule has 26 heavy (non-hydrogen) atoms. The van der Waals surface area contributed by atoms with E-state index in [-0.39, 0.29) is 11.9 Å². The Morgan fingerprint density at radius 1 is 1.19 bits per heavy atom. The molecule has 2 fully saturated rings. The van der Waals surface area contributed by atoms with E-state index in [2.05, 4.69) is 4.90 Å². The third-order valence-corrected chi connectivity index (χ3v) is 5.96. The highest BCUT2D eigenvalue weighted by Gasteiger charge is 2.48. The van der Waals surface area contributed by atoms with Crippen LogP contribution in [0.15, 0.2) is 36.4 Å². The number of fused-ring (bicyclic) bond motifs is 1. The number of carbonyl (C=O) groups is 2. The summed E-state index contributed by atoms with van der Waals surface area (Å²) in [5, 5.41) is 0. The number of hydrogen-bond donors (Lipinski definition) is 0. The molecule has 0 N–H and O–H groups in total. The number of urea groups is 1. The maximum absolute atomic E-state index is 13.0. The highest BCUT2D eigenvalue weighted by atomic mass is 35.5. The fraction of sp³-hybridized carbons (Fsp3) is 0.333. The zero-order chi connectivity index (χ0) is 18.3. The Hall–Kier alpha value is -2.09. The Kier molecular flexibility index (Phi) is 4.60. The van der Waals surface area contributed by atoms with E-state index in [9.17, 15) is 9.59 Å². The third kappa shape index (κ3) is 2.96. The molecule has 2 aliphatic rings. The zero-order valence-corrected chi connectivity index (χ0v) is 15.8. The largest absolute Gasteiger partial charge is 0.495 e. The van der Waals surface area contributed by atoms with Crippen LogP contribution in [0.1, 0.15) is 4.88 Å². The summed E-state index contributed by atoms with van der Waals surface area (Å²) in [6, 6.07) is 10.2. The number of piperazine rings is 1. The van der Waals surface area contributed by atoms with E-state index in [1.807, 2.05) is 18.2 Å². The molecule has 136 valence electrons. The van der Waals surface area contributed by atoms with E-state index in [0.717, 1.165) is 22.3 Å². The number of anilines is 1. The summed E-state index contributed by atoms with van der Waals surface area (Å²) < 4.78 is 6.08. The first kappa shape index (κ1) is 17.3. The molecule has 0 bridgehead atoms. The molecule has 2 saturated heterocycles. The van der Waals surface area contributed by atoms with Crippen molar-refractivity contribution in [1.29, 1.82) is 0 Å². The van der Waals surface area contributed by atoms with Crippen LogP contribution in [0.25, 0.3) is 0 Å². The summed E-state index contributed by atoms with van der Waals surface area (Å²) in [6.07, 6.45) is 0. The molecule has 1 aromatic heterocycles. The van der Waals surface area contributed by atoms with Crippen molar-refractivity contribution in [3.8, 4) is 5.75 Å². The molecule has 0 radical (unpaired) electrons. The molecule has 4 rings (SSSR count). The lowest BCUT2D eigenvalue weighted by molar-refractivity contribution is -0.121. The summed E-state index contributed by atoms with van der Waals surface area (Å²) in [7, 11) is 1.53. The normalized spacial score (nSPS) is 20.6. The Morgan fingerprint density at radius 2 is 2.00 bits per heavy atom. The van der Waals surface area contributed by atoms with Crippen molar-refractivity contribution in [3.63, 3.8) is 0 Å². The molecule has 2 aromatic rings. The van der Waals surface area contributed by atoms with Crippen LogP contribution in [0.3, 0.4) is 0 Å². The number of para-hydroxylation sites is 2. The predicted octanol–water partition coefficient (Wildman–Crippen LogP) is 3.06. The molecule has 6 nitrogen and oxygen atoms in total. The van der Waals surface area contributed by atoms with Crippen molar-refractivity contribution >= 4 is 40.6 Å². The number of thiophene rings is 1. The number of amides is 3. The van der Waals surface area contributed by atoms with E-state index in [1.54, 1.807) is 34.4 Å². The number of nitrogens with zero attached hydrogens (tertiary/aromatic N) is 3. The second-order valence-corrected chi connectivity index (χ2v) is 8.08.